The van der Waals surface area contributed by atoms with E-state index in [1.165, 1.54) is 23.5 Å². The summed E-state index contributed by atoms with van der Waals surface area (Å²) in [6.07, 6.45) is 4.44. The molecule has 7 heteroatoms. The Morgan fingerprint density at radius 1 is 1.52 bits per heavy atom. The molecule has 1 amide bonds. The lowest BCUT2D eigenvalue weighted by Gasteiger charge is -2.27. The van der Waals surface area contributed by atoms with Crippen LogP contribution in [0.1, 0.15) is 31.1 Å². The summed E-state index contributed by atoms with van der Waals surface area (Å²) >= 11 is 0. The van der Waals surface area contributed by atoms with E-state index in [0.29, 0.717) is 11.4 Å². The first-order valence-electron chi connectivity index (χ1n) is 6.72. The molecule has 0 bridgehead atoms. The van der Waals surface area contributed by atoms with Gasteiger partial charge in [-0.05, 0) is 25.0 Å². The number of hydrogen-bond donors (Lipinski definition) is 2. The molecule has 7 nitrogen and oxygen atoms in total. The van der Waals surface area contributed by atoms with Crippen LogP contribution < -0.4 is 5.32 Å². The van der Waals surface area contributed by atoms with E-state index in [0.717, 1.165) is 0 Å². The van der Waals surface area contributed by atoms with E-state index < -0.39 is 5.60 Å². The first-order chi connectivity index (χ1) is 9.90. The maximum atomic E-state index is 12.1. The lowest BCUT2D eigenvalue weighted by atomic mass is 9.92. The van der Waals surface area contributed by atoms with Gasteiger partial charge < -0.3 is 10.4 Å². The lowest BCUT2D eigenvalue weighted by molar-refractivity contribution is 0.0142. The molecular formula is C14H19N5O2. The zero-order chi connectivity index (χ0) is 15.5. The summed E-state index contributed by atoms with van der Waals surface area (Å²) in [5, 5.41) is 16.8. The number of amides is 1. The Balaban J connectivity index is 2.08. The molecule has 0 aliphatic heterocycles. The standard InChI is InChI=1S/C14H19N5O2/c1-10(2)14(3,21)7-17-13(20)11-4-5-16-12(6-11)19-9-15-8-18-19/h4-6,8-10,21H,7H2,1-3H3,(H,17,20). The minimum Gasteiger partial charge on any atom is -0.388 e. The Morgan fingerprint density at radius 2 is 2.29 bits per heavy atom. The normalized spacial score (nSPS) is 14.0. The number of carbonyl (C=O) groups excluding carboxylic acids is 1. The van der Waals surface area contributed by atoms with Gasteiger partial charge in [0.25, 0.3) is 5.91 Å². The number of carbonyl (C=O) groups is 1. The molecule has 0 radical (unpaired) electrons. The fourth-order valence-corrected chi connectivity index (χ4v) is 1.58. The number of rotatable bonds is 5. The SMILES string of the molecule is CC(C)C(C)(O)CNC(=O)c1ccnc(-n2cncn2)c1. The van der Waals surface area contributed by atoms with Gasteiger partial charge in [0, 0.05) is 18.3 Å². The Hall–Kier alpha value is -2.28. The van der Waals surface area contributed by atoms with Gasteiger partial charge in [-0.2, -0.15) is 5.10 Å². The molecule has 2 aromatic rings. The van der Waals surface area contributed by atoms with Crippen LogP contribution in [0.25, 0.3) is 5.82 Å². The van der Waals surface area contributed by atoms with Crippen molar-refractivity contribution in [3.63, 3.8) is 0 Å². The van der Waals surface area contributed by atoms with Gasteiger partial charge in [0.15, 0.2) is 5.82 Å². The zero-order valence-electron chi connectivity index (χ0n) is 12.3. The van der Waals surface area contributed by atoms with Crippen molar-refractivity contribution in [2.45, 2.75) is 26.4 Å². The number of pyridine rings is 1. The van der Waals surface area contributed by atoms with Gasteiger partial charge in [-0.3, -0.25) is 4.79 Å². The minimum absolute atomic E-state index is 0.0425. The van der Waals surface area contributed by atoms with Crippen molar-refractivity contribution in [1.82, 2.24) is 25.1 Å². The molecular weight excluding hydrogens is 270 g/mol. The second kappa shape index (κ2) is 6.01. The van der Waals surface area contributed by atoms with Gasteiger partial charge in [-0.15, -0.1) is 0 Å². The predicted molar refractivity (Wildman–Crippen MR) is 76.9 cm³/mol. The van der Waals surface area contributed by atoms with Crippen molar-refractivity contribution in [1.29, 1.82) is 0 Å². The highest BCUT2D eigenvalue weighted by Gasteiger charge is 2.25. The van der Waals surface area contributed by atoms with Gasteiger partial charge in [-0.25, -0.2) is 14.6 Å². The van der Waals surface area contributed by atoms with Crippen LogP contribution in [-0.4, -0.2) is 42.9 Å². The largest absolute Gasteiger partial charge is 0.388 e. The molecule has 2 aromatic heterocycles. The fourth-order valence-electron chi connectivity index (χ4n) is 1.58. The van der Waals surface area contributed by atoms with E-state index in [2.05, 4.69) is 20.4 Å². The molecule has 1 atom stereocenters. The Labute approximate surface area is 123 Å². The van der Waals surface area contributed by atoms with Crippen molar-refractivity contribution >= 4 is 5.91 Å². The van der Waals surface area contributed by atoms with Crippen molar-refractivity contribution in [2.24, 2.45) is 5.92 Å². The Bertz CT molecular complexity index is 608. The van der Waals surface area contributed by atoms with Gasteiger partial charge >= 0.3 is 0 Å². The van der Waals surface area contributed by atoms with E-state index in [4.69, 9.17) is 0 Å². The molecule has 0 aromatic carbocycles. The summed E-state index contributed by atoms with van der Waals surface area (Å²) in [6, 6.07) is 3.23. The molecule has 21 heavy (non-hydrogen) atoms. The smallest absolute Gasteiger partial charge is 0.251 e. The molecule has 1 unspecified atom stereocenters. The maximum Gasteiger partial charge on any atom is 0.251 e. The van der Waals surface area contributed by atoms with E-state index in [-0.39, 0.29) is 18.4 Å². The summed E-state index contributed by atoms with van der Waals surface area (Å²) in [5.74, 6) is 0.288. The molecule has 0 aliphatic rings. The van der Waals surface area contributed by atoms with Crippen molar-refractivity contribution in [2.75, 3.05) is 6.54 Å². The number of nitrogens with zero attached hydrogens (tertiary/aromatic N) is 4. The highest BCUT2D eigenvalue weighted by atomic mass is 16.3. The summed E-state index contributed by atoms with van der Waals surface area (Å²) in [6.45, 7) is 5.69. The van der Waals surface area contributed by atoms with Gasteiger partial charge in [0.05, 0.1) is 5.60 Å². The first-order valence-corrected chi connectivity index (χ1v) is 6.72. The topological polar surface area (TPSA) is 92.9 Å². The Morgan fingerprint density at radius 3 is 2.90 bits per heavy atom. The van der Waals surface area contributed by atoms with Gasteiger partial charge in [0.2, 0.25) is 0 Å². The van der Waals surface area contributed by atoms with E-state index in [1.807, 2.05) is 13.8 Å². The summed E-state index contributed by atoms with van der Waals surface area (Å²) < 4.78 is 1.47. The van der Waals surface area contributed by atoms with E-state index >= 15 is 0 Å². The van der Waals surface area contributed by atoms with Crippen LogP contribution in [0.5, 0.6) is 0 Å². The van der Waals surface area contributed by atoms with Crippen LogP contribution in [0.15, 0.2) is 31.0 Å². The highest BCUT2D eigenvalue weighted by molar-refractivity contribution is 5.94. The quantitative estimate of drug-likeness (QED) is 0.849. The maximum absolute atomic E-state index is 12.1. The molecule has 0 fully saturated rings. The predicted octanol–water partition coefficient (Wildman–Crippen LogP) is 0.799. The third-order valence-corrected chi connectivity index (χ3v) is 3.51. The average Bonchev–Trinajstić information content (AvgIpc) is 2.99. The van der Waals surface area contributed by atoms with E-state index in [9.17, 15) is 9.90 Å². The summed E-state index contributed by atoms with van der Waals surface area (Å²) in [7, 11) is 0. The molecule has 112 valence electrons. The van der Waals surface area contributed by atoms with Crippen molar-refractivity contribution in [3.8, 4) is 5.82 Å². The average molecular weight is 289 g/mol. The monoisotopic (exact) mass is 289 g/mol. The van der Waals surface area contributed by atoms with Crippen LogP contribution in [-0.2, 0) is 0 Å². The second-order valence-corrected chi connectivity index (χ2v) is 5.44. The van der Waals surface area contributed by atoms with Crippen LogP contribution in [0, 0.1) is 5.92 Å². The molecule has 0 saturated heterocycles. The third-order valence-electron chi connectivity index (χ3n) is 3.51. The molecule has 0 saturated carbocycles. The molecule has 2 N–H and O–H groups in total. The van der Waals surface area contributed by atoms with Gasteiger partial charge in [-0.1, -0.05) is 13.8 Å². The lowest BCUT2D eigenvalue weighted by Crippen LogP contribution is -2.44. The number of nitrogens with one attached hydrogen (secondary N) is 1. The summed E-state index contributed by atoms with van der Waals surface area (Å²) in [4.78, 5) is 20.1. The highest BCUT2D eigenvalue weighted by Crippen LogP contribution is 2.15. The molecule has 0 spiro atoms. The number of hydrogen-bond acceptors (Lipinski definition) is 5. The fraction of sp³-hybridized carbons (Fsp3) is 0.429. The molecule has 2 heterocycles. The molecule has 0 aliphatic carbocycles. The third kappa shape index (κ3) is 3.63. The van der Waals surface area contributed by atoms with Crippen LogP contribution in [0.4, 0.5) is 0 Å². The van der Waals surface area contributed by atoms with Gasteiger partial charge in [0.1, 0.15) is 12.7 Å². The minimum atomic E-state index is -0.947. The van der Waals surface area contributed by atoms with E-state index in [1.54, 1.807) is 19.1 Å². The number of aliphatic hydroxyl groups is 1. The van der Waals surface area contributed by atoms with Crippen LogP contribution in [0.3, 0.4) is 0 Å². The second-order valence-electron chi connectivity index (χ2n) is 5.44. The van der Waals surface area contributed by atoms with Crippen LogP contribution in [0.2, 0.25) is 0 Å². The zero-order valence-corrected chi connectivity index (χ0v) is 12.3. The number of aromatic nitrogens is 4. The Kier molecular flexibility index (Phi) is 4.32. The first kappa shape index (κ1) is 15.1. The van der Waals surface area contributed by atoms with Crippen molar-refractivity contribution < 1.29 is 9.90 Å². The van der Waals surface area contributed by atoms with Crippen molar-refractivity contribution in [3.05, 3.63) is 36.5 Å². The molecule has 2 rings (SSSR count). The summed E-state index contributed by atoms with van der Waals surface area (Å²) in [5.41, 5.74) is -0.493. The van der Waals surface area contributed by atoms with Crippen LogP contribution >= 0.6 is 0 Å².